The molecule has 0 atom stereocenters. The molecule has 1 aliphatic carbocycles. The highest BCUT2D eigenvalue weighted by Gasteiger charge is 2.27. The minimum atomic E-state index is 0.564. The molecule has 1 aromatic heterocycles. The van der Waals surface area contributed by atoms with Gasteiger partial charge in [0.15, 0.2) is 5.13 Å². The predicted octanol–water partition coefficient (Wildman–Crippen LogP) is 4.18. The number of anilines is 1. The number of nitrogens with zero attached hydrogens (tertiary/aromatic N) is 1. The lowest BCUT2D eigenvalue weighted by atomic mass is 9.85. The lowest BCUT2D eigenvalue weighted by molar-refractivity contribution is 0.318. The number of rotatable bonds is 4. The van der Waals surface area contributed by atoms with Crippen molar-refractivity contribution in [3.63, 3.8) is 0 Å². The van der Waals surface area contributed by atoms with E-state index in [0.717, 1.165) is 11.7 Å². The lowest BCUT2D eigenvalue weighted by Crippen LogP contribution is -2.16. The molecular weight excluding hydrogens is 228 g/mol. The molecule has 0 aliphatic heterocycles. The van der Waals surface area contributed by atoms with E-state index in [-0.39, 0.29) is 0 Å². The van der Waals surface area contributed by atoms with E-state index in [4.69, 9.17) is 11.6 Å². The first kappa shape index (κ1) is 11.2. The van der Waals surface area contributed by atoms with E-state index in [0.29, 0.717) is 10.6 Å². The van der Waals surface area contributed by atoms with Crippen molar-refractivity contribution >= 4 is 28.1 Å². The quantitative estimate of drug-likeness (QED) is 0.860. The van der Waals surface area contributed by atoms with Crippen LogP contribution in [0.25, 0.3) is 0 Å². The predicted molar refractivity (Wildman–Crippen MR) is 66.8 cm³/mol. The molecule has 1 heterocycles. The van der Waals surface area contributed by atoms with Gasteiger partial charge in [0.1, 0.15) is 5.15 Å². The average molecular weight is 245 g/mol. The summed E-state index contributed by atoms with van der Waals surface area (Å²) in [5.41, 5.74) is 0.564. The van der Waals surface area contributed by atoms with Gasteiger partial charge in [0, 0.05) is 11.9 Å². The fourth-order valence-electron chi connectivity index (χ4n) is 2.29. The monoisotopic (exact) mass is 244 g/mol. The van der Waals surface area contributed by atoms with Crippen molar-refractivity contribution in [2.75, 3.05) is 11.9 Å². The number of hydrogen-bond donors (Lipinski definition) is 1. The summed E-state index contributed by atoms with van der Waals surface area (Å²) in [5.74, 6) is 0. The molecule has 1 aromatic rings. The van der Waals surface area contributed by atoms with Gasteiger partial charge in [0.2, 0.25) is 0 Å². The van der Waals surface area contributed by atoms with E-state index < -0.39 is 0 Å². The Morgan fingerprint density at radius 3 is 2.87 bits per heavy atom. The third-order valence-electron chi connectivity index (χ3n) is 3.29. The summed E-state index contributed by atoms with van der Waals surface area (Å²) in [6, 6.07) is 0. The smallest absolute Gasteiger partial charge is 0.184 e. The molecule has 0 saturated heterocycles. The molecule has 0 spiro atoms. The molecule has 84 valence electrons. The van der Waals surface area contributed by atoms with E-state index in [9.17, 15) is 0 Å². The molecule has 0 amide bonds. The highest BCUT2D eigenvalue weighted by molar-refractivity contribution is 7.14. The lowest BCUT2D eigenvalue weighted by Gasteiger charge is -2.23. The molecule has 0 bridgehead atoms. The Balaban J connectivity index is 1.75. The highest BCUT2D eigenvalue weighted by Crippen LogP contribution is 2.40. The standard InChI is InChI=1S/C11H17ClN2S/c1-11(4-2-3-5-11)6-7-13-10-14-9(12)8-15-10/h8H,2-7H2,1H3,(H,13,14). The second-order valence-corrected chi connectivity index (χ2v) is 5.92. The van der Waals surface area contributed by atoms with Gasteiger partial charge in [-0.2, -0.15) is 0 Å². The SMILES string of the molecule is CC1(CCNc2nc(Cl)cs2)CCCC1. The number of nitrogens with one attached hydrogen (secondary N) is 1. The van der Waals surface area contributed by atoms with Crippen molar-refractivity contribution in [3.8, 4) is 0 Å². The molecule has 0 aromatic carbocycles. The maximum Gasteiger partial charge on any atom is 0.184 e. The molecule has 1 fully saturated rings. The Hall–Kier alpha value is -0.280. The van der Waals surface area contributed by atoms with Crippen LogP contribution in [0.1, 0.15) is 39.0 Å². The van der Waals surface area contributed by atoms with E-state index in [1.165, 1.54) is 32.1 Å². The summed E-state index contributed by atoms with van der Waals surface area (Å²) in [5, 5.41) is 6.74. The van der Waals surface area contributed by atoms with Gasteiger partial charge < -0.3 is 5.32 Å². The first-order chi connectivity index (χ1) is 7.18. The summed E-state index contributed by atoms with van der Waals surface area (Å²) >= 11 is 7.33. The summed E-state index contributed by atoms with van der Waals surface area (Å²) in [7, 11) is 0. The van der Waals surface area contributed by atoms with Gasteiger partial charge in [-0.3, -0.25) is 0 Å². The molecule has 4 heteroatoms. The second-order valence-electron chi connectivity index (χ2n) is 4.67. The number of thiazole rings is 1. The van der Waals surface area contributed by atoms with Crippen LogP contribution in [0, 0.1) is 5.41 Å². The van der Waals surface area contributed by atoms with E-state index in [2.05, 4.69) is 17.2 Å². The highest BCUT2D eigenvalue weighted by atomic mass is 35.5. The number of aromatic nitrogens is 1. The fraction of sp³-hybridized carbons (Fsp3) is 0.727. The summed E-state index contributed by atoms with van der Waals surface area (Å²) in [4.78, 5) is 4.17. The number of hydrogen-bond acceptors (Lipinski definition) is 3. The van der Waals surface area contributed by atoms with Gasteiger partial charge in [0.25, 0.3) is 0 Å². The maximum atomic E-state index is 5.75. The van der Waals surface area contributed by atoms with E-state index in [1.54, 1.807) is 11.3 Å². The summed E-state index contributed by atoms with van der Waals surface area (Å²) in [6.45, 7) is 3.41. The molecule has 15 heavy (non-hydrogen) atoms. The van der Waals surface area contributed by atoms with Gasteiger partial charge in [-0.15, -0.1) is 11.3 Å². The molecule has 1 aliphatic rings. The van der Waals surface area contributed by atoms with Crippen molar-refractivity contribution in [2.45, 2.75) is 39.0 Å². The zero-order valence-electron chi connectivity index (χ0n) is 9.05. The first-order valence-electron chi connectivity index (χ1n) is 5.53. The Kier molecular flexibility index (Phi) is 3.52. The topological polar surface area (TPSA) is 24.9 Å². The zero-order chi connectivity index (χ0) is 10.7. The van der Waals surface area contributed by atoms with Gasteiger partial charge in [-0.05, 0) is 24.7 Å². The van der Waals surface area contributed by atoms with E-state index >= 15 is 0 Å². The number of halogens is 1. The minimum absolute atomic E-state index is 0.564. The van der Waals surface area contributed by atoms with Gasteiger partial charge in [-0.25, -0.2) is 4.98 Å². The Bertz CT molecular complexity index is 318. The minimum Gasteiger partial charge on any atom is -0.361 e. The van der Waals surface area contributed by atoms with E-state index in [1.807, 2.05) is 5.38 Å². The molecule has 2 nitrogen and oxygen atoms in total. The zero-order valence-corrected chi connectivity index (χ0v) is 10.6. The molecule has 1 saturated carbocycles. The van der Waals surface area contributed by atoms with Crippen molar-refractivity contribution in [3.05, 3.63) is 10.5 Å². The molecule has 0 unspecified atom stereocenters. The van der Waals surface area contributed by atoms with Crippen LogP contribution in [-0.4, -0.2) is 11.5 Å². The van der Waals surface area contributed by atoms with Gasteiger partial charge in [0.05, 0.1) is 0 Å². The molecule has 0 radical (unpaired) electrons. The van der Waals surface area contributed by atoms with Crippen LogP contribution in [-0.2, 0) is 0 Å². The van der Waals surface area contributed by atoms with Crippen molar-refractivity contribution in [2.24, 2.45) is 5.41 Å². The van der Waals surface area contributed by atoms with Gasteiger partial charge >= 0.3 is 0 Å². The van der Waals surface area contributed by atoms with Crippen molar-refractivity contribution in [1.82, 2.24) is 4.98 Å². The first-order valence-corrected chi connectivity index (χ1v) is 6.79. The van der Waals surface area contributed by atoms with Crippen LogP contribution >= 0.6 is 22.9 Å². The Morgan fingerprint density at radius 2 is 2.27 bits per heavy atom. The van der Waals surface area contributed by atoms with Crippen LogP contribution < -0.4 is 5.32 Å². The van der Waals surface area contributed by atoms with Crippen molar-refractivity contribution in [1.29, 1.82) is 0 Å². The summed E-state index contributed by atoms with van der Waals surface area (Å²) in [6.07, 6.45) is 6.81. The third kappa shape index (κ3) is 3.08. The fourth-order valence-corrected chi connectivity index (χ4v) is 3.15. The van der Waals surface area contributed by atoms with Crippen LogP contribution in [0.4, 0.5) is 5.13 Å². The van der Waals surface area contributed by atoms with Crippen molar-refractivity contribution < 1.29 is 0 Å². The van der Waals surface area contributed by atoms with Crippen LogP contribution in [0.3, 0.4) is 0 Å². The van der Waals surface area contributed by atoms with Crippen LogP contribution in [0.15, 0.2) is 5.38 Å². The molecular formula is C11H17ClN2S. The van der Waals surface area contributed by atoms with Crippen LogP contribution in [0.2, 0.25) is 5.15 Å². The molecule has 1 N–H and O–H groups in total. The average Bonchev–Trinajstić information content (AvgIpc) is 2.76. The second kappa shape index (κ2) is 4.71. The third-order valence-corrected chi connectivity index (χ3v) is 4.41. The normalized spacial score (nSPS) is 19.3. The molecule has 2 rings (SSSR count). The summed E-state index contributed by atoms with van der Waals surface area (Å²) < 4.78 is 0. The Morgan fingerprint density at radius 1 is 1.53 bits per heavy atom. The van der Waals surface area contributed by atoms with Crippen LogP contribution in [0.5, 0.6) is 0 Å². The Labute approximate surface area is 100 Å². The largest absolute Gasteiger partial charge is 0.361 e. The maximum absolute atomic E-state index is 5.75. The van der Waals surface area contributed by atoms with Gasteiger partial charge in [-0.1, -0.05) is 31.4 Å².